The van der Waals surface area contributed by atoms with Gasteiger partial charge >= 0.3 is 0 Å². The molecule has 0 aliphatic carbocycles. The lowest BCUT2D eigenvalue weighted by molar-refractivity contribution is 0.0355. The van der Waals surface area contributed by atoms with Crippen molar-refractivity contribution in [3.8, 4) is 11.1 Å². The summed E-state index contributed by atoms with van der Waals surface area (Å²) in [4.78, 5) is 5.18. The van der Waals surface area contributed by atoms with Crippen LogP contribution in [-0.4, -0.2) is 36.5 Å². The maximum atomic E-state index is 2.64. The van der Waals surface area contributed by atoms with Crippen LogP contribution in [0.5, 0.6) is 0 Å². The molecule has 0 N–H and O–H groups in total. The monoisotopic (exact) mass is 432 g/mol. The number of nitrogens with zero attached hydrogens (tertiary/aromatic N) is 2. The number of hydrogen-bond acceptors (Lipinski definition) is 2. The molecule has 0 amide bonds. The van der Waals surface area contributed by atoms with E-state index >= 15 is 0 Å². The predicted molar refractivity (Wildman–Crippen MR) is 138 cm³/mol. The molecule has 2 heteroatoms. The SMILES string of the molecule is Cc1ccc(-c2ccccc2)cc1CN1CCN(C)C(c2ccccc2)(c2ccccc2)C1. The van der Waals surface area contributed by atoms with Crippen LogP contribution in [0.2, 0.25) is 0 Å². The Balaban J connectivity index is 1.50. The van der Waals surface area contributed by atoms with Gasteiger partial charge in [0, 0.05) is 26.2 Å². The Bertz CT molecular complexity index is 1150. The maximum absolute atomic E-state index is 2.64. The van der Waals surface area contributed by atoms with Crippen LogP contribution in [0.1, 0.15) is 22.3 Å². The van der Waals surface area contributed by atoms with Gasteiger partial charge in [-0.1, -0.05) is 103 Å². The van der Waals surface area contributed by atoms with E-state index in [1.165, 1.54) is 33.4 Å². The van der Waals surface area contributed by atoms with Crippen molar-refractivity contribution < 1.29 is 0 Å². The fraction of sp³-hybridized carbons (Fsp3) is 0.226. The van der Waals surface area contributed by atoms with E-state index in [4.69, 9.17) is 0 Å². The fourth-order valence-corrected chi connectivity index (χ4v) is 5.25. The summed E-state index contributed by atoms with van der Waals surface area (Å²) in [7, 11) is 2.28. The Labute approximate surface area is 198 Å². The van der Waals surface area contributed by atoms with E-state index in [0.717, 1.165) is 26.2 Å². The van der Waals surface area contributed by atoms with Gasteiger partial charge in [-0.05, 0) is 53.4 Å². The fourth-order valence-electron chi connectivity index (χ4n) is 5.25. The molecule has 1 aliphatic rings. The maximum Gasteiger partial charge on any atom is 0.0842 e. The van der Waals surface area contributed by atoms with Gasteiger partial charge in [0.1, 0.15) is 0 Å². The lowest BCUT2D eigenvalue weighted by atomic mass is 9.79. The first-order valence-corrected chi connectivity index (χ1v) is 11.9. The Morgan fingerprint density at radius 1 is 0.667 bits per heavy atom. The van der Waals surface area contributed by atoms with E-state index in [1.807, 2.05) is 0 Å². The van der Waals surface area contributed by atoms with E-state index in [-0.39, 0.29) is 5.54 Å². The minimum absolute atomic E-state index is 0.161. The van der Waals surface area contributed by atoms with Gasteiger partial charge in [-0.3, -0.25) is 9.80 Å². The summed E-state index contributed by atoms with van der Waals surface area (Å²) in [6, 6.07) is 39.6. The third-order valence-corrected chi connectivity index (χ3v) is 7.21. The standard InChI is InChI=1S/C31H32N2/c1-25-18-19-27(26-12-6-3-7-13-26)22-28(25)23-33-21-20-32(2)31(24-33,29-14-8-4-9-15-29)30-16-10-5-11-17-30/h3-19,22H,20-21,23-24H2,1-2H3. The highest BCUT2D eigenvalue weighted by Gasteiger charge is 2.42. The Kier molecular flexibility index (Phi) is 6.13. The van der Waals surface area contributed by atoms with Gasteiger partial charge in [-0.15, -0.1) is 0 Å². The zero-order valence-corrected chi connectivity index (χ0v) is 19.6. The van der Waals surface area contributed by atoms with Crippen LogP contribution in [0, 0.1) is 6.92 Å². The molecular formula is C31H32N2. The molecule has 5 rings (SSSR count). The van der Waals surface area contributed by atoms with Crippen LogP contribution in [-0.2, 0) is 12.1 Å². The number of benzene rings is 4. The van der Waals surface area contributed by atoms with Crippen molar-refractivity contribution in [3.63, 3.8) is 0 Å². The molecule has 0 saturated carbocycles. The van der Waals surface area contributed by atoms with Crippen LogP contribution in [0.25, 0.3) is 11.1 Å². The van der Waals surface area contributed by atoms with E-state index < -0.39 is 0 Å². The van der Waals surface area contributed by atoms with Crippen LogP contribution < -0.4 is 0 Å². The summed E-state index contributed by atoms with van der Waals surface area (Å²) in [5.74, 6) is 0. The molecule has 1 saturated heterocycles. The minimum Gasteiger partial charge on any atom is -0.295 e. The Morgan fingerprint density at radius 3 is 1.85 bits per heavy atom. The van der Waals surface area contributed by atoms with Crippen molar-refractivity contribution >= 4 is 0 Å². The van der Waals surface area contributed by atoms with Crippen molar-refractivity contribution in [2.75, 3.05) is 26.7 Å². The number of rotatable bonds is 5. The molecule has 0 spiro atoms. The van der Waals surface area contributed by atoms with E-state index in [9.17, 15) is 0 Å². The zero-order valence-electron chi connectivity index (χ0n) is 19.6. The quantitative estimate of drug-likeness (QED) is 0.362. The van der Waals surface area contributed by atoms with Gasteiger partial charge in [-0.25, -0.2) is 0 Å². The zero-order chi connectivity index (χ0) is 22.7. The number of aryl methyl sites for hydroxylation is 1. The van der Waals surface area contributed by atoms with Crippen molar-refractivity contribution in [2.45, 2.75) is 19.0 Å². The molecule has 4 aromatic carbocycles. The molecular weight excluding hydrogens is 400 g/mol. The minimum atomic E-state index is -0.161. The van der Waals surface area contributed by atoms with E-state index in [1.54, 1.807) is 0 Å². The largest absolute Gasteiger partial charge is 0.295 e. The van der Waals surface area contributed by atoms with Crippen molar-refractivity contribution in [3.05, 3.63) is 131 Å². The second kappa shape index (κ2) is 9.35. The predicted octanol–water partition coefficient (Wildman–Crippen LogP) is 6.35. The van der Waals surface area contributed by atoms with Gasteiger partial charge in [-0.2, -0.15) is 0 Å². The van der Waals surface area contributed by atoms with Crippen LogP contribution >= 0.6 is 0 Å². The summed E-state index contributed by atoms with van der Waals surface area (Å²) in [5, 5.41) is 0. The first kappa shape index (κ1) is 21.6. The van der Waals surface area contributed by atoms with Gasteiger partial charge in [0.25, 0.3) is 0 Å². The first-order valence-electron chi connectivity index (χ1n) is 11.9. The molecule has 1 heterocycles. The molecule has 0 atom stereocenters. The average Bonchev–Trinajstić information content (AvgIpc) is 2.88. The normalized spacial score (nSPS) is 16.5. The third kappa shape index (κ3) is 4.25. The Hall–Kier alpha value is -3.20. The van der Waals surface area contributed by atoms with Gasteiger partial charge in [0.15, 0.2) is 0 Å². The topological polar surface area (TPSA) is 6.48 Å². The average molecular weight is 433 g/mol. The number of piperazine rings is 1. The molecule has 1 aliphatic heterocycles. The van der Waals surface area contributed by atoms with E-state index in [0.29, 0.717) is 0 Å². The number of likely N-dealkylation sites (N-methyl/N-ethyl adjacent to an activating group) is 1. The Morgan fingerprint density at radius 2 is 1.24 bits per heavy atom. The highest BCUT2D eigenvalue weighted by atomic mass is 15.3. The summed E-state index contributed by atoms with van der Waals surface area (Å²) in [6.45, 7) is 6.25. The summed E-state index contributed by atoms with van der Waals surface area (Å²) < 4.78 is 0. The molecule has 0 aromatic heterocycles. The molecule has 0 unspecified atom stereocenters. The van der Waals surface area contributed by atoms with Crippen LogP contribution in [0.4, 0.5) is 0 Å². The van der Waals surface area contributed by atoms with Crippen molar-refractivity contribution in [1.29, 1.82) is 0 Å². The van der Waals surface area contributed by atoms with Crippen molar-refractivity contribution in [2.24, 2.45) is 0 Å². The van der Waals surface area contributed by atoms with Gasteiger partial charge < -0.3 is 0 Å². The second-order valence-electron chi connectivity index (χ2n) is 9.23. The molecule has 0 radical (unpaired) electrons. The highest BCUT2D eigenvalue weighted by Crippen LogP contribution is 2.38. The molecule has 4 aromatic rings. The summed E-state index contributed by atoms with van der Waals surface area (Å²) in [6.07, 6.45) is 0. The lowest BCUT2D eigenvalue weighted by Crippen LogP contribution is -2.59. The molecule has 33 heavy (non-hydrogen) atoms. The smallest absolute Gasteiger partial charge is 0.0842 e. The number of hydrogen-bond donors (Lipinski definition) is 0. The third-order valence-electron chi connectivity index (χ3n) is 7.21. The molecule has 2 nitrogen and oxygen atoms in total. The van der Waals surface area contributed by atoms with Crippen LogP contribution in [0.15, 0.2) is 109 Å². The molecule has 166 valence electrons. The lowest BCUT2D eigenvalue weighted by Gasteiger charge is -2.50. The summed E-state index contributed by atoms with van der Waals surface area (Å²) in [5.41, 5.74) is 7.90. The molecule has 0 bridgehead atoms. The van der Waals surface area contributed by atoms with Crippen LogP contribution in [0.3, 0.4) is 0 Å². The first-order chi connectivity index (χ1) is 16.2. The van der Waals surface area contributed by atoms with E-state index in [2.05, 4.69) is 133 Å². The van der Waals surface area contributed by atoms with Gasteiger partial charge in [0.2, 0.25) is 0 Å². The summed E-state index contributed by atoms with van der Waals surface area (Å²) >= 11 is 0. The van der Waals surface area contributed by atoms with Crippen molar-refractivity contribution in [1.82, 2.24) is 9.80 Å². The second-order valence-corrected chi connectivity index (χ2v) is 9.23. The highest BCUT2D eigenvalue weighted by molar-refractivity contribution is 5.64. The molecule has 1 fully saturated rings. The van der Waals surface area contributed by atoms with Gasteiger partial charge in [0.05, 0.1) is 5.54 Å².